The highest BCUT2D eigenvalue weighted by Crippen LogP contribution is 1.96. The van der Waals surface area contributed by atoms with Gasteiger partial charge in [0, 0.05) is 7.11 Å². The van der Waals surface area contributed by atoms with Crippen LogP contribution in [0.3, 0.4) is 0 Å². The lowest BCUT2D eigenvalue weighted by Crippen LogP contribution is -2.40. The van der Waals surface area contributed by atoms with Crippen LogP contribution in [0.4, 0.5) is 0 Å². The normalized spacial score (nSPS) is 12.8. The lowest BCUT2D eigenvalue weighted by atomic mass is 10.3. The summed E-state index contributed by atoms with van der Waals surface area (Å²) in [4.78, 5) is 0. The maximum atomic E-state index is 5.11. The van der Waals surface area contributed by atoms with Crippen molar-refractivity contribution in [3.8, 4) is 0 Å². The summed E-state index contributed by atoms with van der Waals surface area (Å²) in [5.41, 5.74) is 0. The van der Waals surface area contributed by atoms with E-state index >= 15 is 0 Å². The molecule has 0 N–H and O–H groups in total. The van der Waals surface area contributed by atoms with Crippen molar-refractivity contribution in [2.24, 2.45) is 0 Å². The first-order chi connectivity index (χ1) is 3.95. The van der Waals surface area contributed by atoms with Crippen LogP contribution in [0.5, 0.6) is 0 Å². The minimum atomic E-state index is 0. The van der Waals surface area contributed by atoms with E-state index in [0.29, 0.717) is 6.10 Å². The molecule has 1 unspecified atom stereocenters. The molecule has 0 aliphatic heterocycles. The van der Waals surface area contributed by atoms with Crippen LogP contribution in [0.15, 0.2) is 0 Å². The van der Waals surface area contributed by atoms with Crippen molar-refractivity contribution in [2.45, 2.75) is 27.9 Å². The Morgan fingerprint density at radius 2 is 1.55 bits per heavy atom. The van der Waals surface area contributed by atoms with Gasteiger partial charge in [-0.05, 0) is 6.92 Å². The number of ether oxygens (including phenoxy) is 1. The molecule has 0 spiro atoms. The highest BCUT2D eigenvalue weighted by molar-refractivity contribution is 4.42. The van der Waals surface area contributed by atoms with Gasteiger partial charge in [-0.1, -0.05) is 14.9 Å². The van der Waals surface area contributed by atoms with Crippen LogP contribution in [0.1, 0.15) is 21.8 Å². The molecule has 0 amide bonds. The molecular formula is C9H26NO+. The number of hydrogen-bond acceptors (Lipinski definition) is 1. The second kappa shape index (κ2) is 6.62. The van der Waals surface area contributed by atoms with E-state index < -0.39 is 0 Å². The van der Waals surface area contributed by atoms with Gasteiger partial charge in [-0.3, -0.25) is 0 Å². The highest BCUT2D eigenvalue weighted by atomic mass is 16.5. The second-order valence-corrected chi connectivity index (χ2v) is 3.52. The Hall–Kier alpha value is -0.0800. The Morgan fingerprint density at radius 3 is 1.64 bits per heavy atom. The van der Waals surface area contributed by atoms with Crippen molar-refractivity contribution in [1.82, 2.24) is 0 Å². The quantitative estimate of drug-likeness (QED) is 0.580. The molecule has 2 nitrogen and oxygen atoms in total. The van der Waals surface area contributed by atoms with Gasteiger partial charge in [0.15, 0.2) is 0 Å². The molecule has 0 aromatic rings. The standard InChI is InChI=1S/C7H18NO.2CH4/c1-7(9-5)6-8(2,3)4;;/h7H,6H2,1-5H3;2*1H4/q+1;;. The SMILES string of the molecule is C.C.COC(C)C[N+](C)(C)C. The Labute approximate surface area is 72.8 Å². The number of hydrogen-bond donors (Lipinski definition) is 0. The summed E-state index contributed by atoms with van der Waals surface area (Å²) >= 11 is 0. The minimum Gasteiger partial charge on any atom is -0.376 e. The molecule has 2 heteroatoms. The zero-order chi connectivity index (χ0) is 7.49. The van der Waals surface area contributed by atoms with Crippen LogP contribution >= 0.6 is 0 Å². The summed E-state index contributed by atoms with van der Waals surface area (Å²) in [7, 11) is 8.24. The fraction of sp³-hybridized carbons (Fsp3) is 1.00. The highest BCUT2D eigenvalue weighted by Gasteiger charge is 2.11. The maximum Gasteiger partial charge on any atom is 0.104 e. The van der Waals surface area contributed by atoms with Gasteiger partial charge in [0.1, 0.15) is 12.6 Å². The molecule has 0 saturated carbocycles. The Kier molecular flexibility index (Phi) is 10.3. The van der Waals surface area contributed by atoms with E-state index in [1.54, 1.807) is 7.11 Å². The van der Waals surface area contributed by atoms with Crippen LogP contribution in [0, 0.1) is 0 Å². The number of likely N-dealkylation sites (N-methyl/N-ethyl adjacent to an activating group) is 1. The predicted octanol–water partition coefficient (Wildman–Crippen LogP) is 2.00. The van der Waals surface area contributed by atoms with E-state index in [2.05, 4.69) is 28.1 Å². The number of rotatable bonds is 3. The molecular weight excluding hydrogens is 138 g/mol. The molecule has 0 aliphatic carbocycles. The van der Waals surface area contributed by atoms with Gasteiger partial charge in [-0.2, -0.15) is 0 Å². The van der Waals surface area contributed by atoms with Crippen molar-refractivity contribution < 1.29 is 9.22 Å². The van der Waals surface area contributed by atoms with Gasteiger partial charge in [0.05, 0.1) is 21.1 Å². The van der Waals surface area contributed by atoms with Crippen molar-refractivity contribution in [3.63, 3.8) is 0 Å². The van der Waals surface area contributed by atoms with Gasteiger partial charge in [-0.25, -0.2) is 0 Å². The number of nitrogens with zero attached hydrogens (tertiary/aromatic N) is 1. The summed E-state index contributed by atoms with van der Waals surface area (Å²) in [6, 6.07) is 0. The molecule has 0 aromatic carbocycles. The van der Waals surface area contributed by atoms with Crippen LogP contribution < -0.4 is 0 Å². The van der Waals surface area contributed by atoms with Crippen molar-refractivity contribution in [1.29, 1.82) is 0 Å². The minimum absolute atomic E-state index is 0. The third-order valence-corrected chi connectivity index (χ3v) is 1.21. The van der Waals surface area contributed by atoms with Gasteiger partial charge in [-0.15, -0.1) is 0 Å². The summed E-state index contributed by atoms with van der Waals surface area (Å²) in [6.07, 6.45) is 0.366. The first-order valence-corrected chi connectivity index (χ1v) is 3.29. The fourth-order valence-corrected chi connectivity index (χ4v) is 0.846. The summed E-state index contributed by atoms with van der Waals surface area (Å²) in [5, 5.41) is 0. The summed E-state index contributed by atoms with van der Waals surface area (Å²) < 4.78 is 6.08. The molecule has 0 rings (SSSR count). The van der Waals surface area contributed by atoms with Crippen LogP contribution in [0.2, 0.25) is 0 Å². The topological polar surface area (TPSA) is 9.23 Å². The van der Waals surface area contributed by atoms with E-state index in [9.17, 15) is 0 Å². The van der Waals surface area contributed by atoms with Crippen LogP contribution in [-0.4, -0.2) is 45.4 Å². The first kappa shape index (κ1) is 17.1. The first-order valence-electron chi connectivity index (χ1n) is 3.29. The van der Waals surface area contributed by atoms with E-state index in [0.717, 1.165) is 11.0 Å². The Bertz CT molecular complexity index is 76.1. The molecule has 0 radical (unpaired) electrons. The fourth-order valence-electron chi connectivity index (χ4n) is 0.846. The molecule has 0 heterocycles. The molecule has 0 saturated heterocycles. The molecule has 0 fully saturated rings. The molecule has 0 aliphatic rings. The van der Waals surface area contributed by atoms with Crippen molar-refractivity contribution in [2.75, 3.05) is 34.8 Å². The smallest absolute Gasteiger partial charge is 0.104 e. The van der Waals surface area contributed by atoms with Gasteiger partial charge >= 0.3 is 0 Å². The Morgan fingerprint density at radius 1 is 1.18 bits per heavy atom. The maximum absolute atomic E-state index is 5.11. The third-order valence-electron chi connectivity index (χ3n) is 1.21. The zero-order valence-corrected chi connectivity index (χ0v) is 7.14. The lowest BCUT2D eigenvalue weighted by Gasteiger charge is -2.26. The van der Waals surface area contributed by atoms with E-state index in [4.69, 9.17) is 4.74 Å². The lowest BCUT2D eigenvalue weighted by molar-refractivity contribution is -0.873. The van der Waals surface area contributed by atoms with E-state index in [1.807, 2.05) is 0 Å². The van der Waals surface area contributed by atoms with E-state index in [-0.39, 0.29) is 14.9 Å². The average Bonchev–Trinajstić information content (AvgIpc) is 1.62. The molecule has 1 atom stereocenters. The Balaban J connectivity index is -0.000000320. The summed E-state index contributed by atoms with van der Waals surface area (Å²) in [6.45, 7) is 3.15. The largest absolute Gasteiger partial charge is 0.376 e. The molecule has 0 bridgehead atoms. The zero-order valence-electron chi connectivity index (χ0n) is 7.14. The number of methoxy groups -OCH3 is 1. The third kappa shape index (κ3) is 13.0. The number of quaternary nitrogens is 1. The van der Waals surface area contributed by atoms with Crippen LogP contribution in [0.25, 0.3) is 0 Å². The van der Waals surface area contributed by atoms with Crippen LogP contribution in [-0.2, 0) is 4.74 Å². The molecule has 0 aromatic heterocycles. The monoisotopic (exact) mass is 164 g/mol. The summed E-state index contributed by atoms with van der Waals surface area (Å²) in [5.74, 6) is 0. The predicted molar refractivity (Wildman–Crippen MR) is 52.8 cm³/mol. The van der Waals surface area contributed by atoms with Gasteiger partial charge in [0.25, 0.3) is 0 Å². The second-order valence-electron chi connectivity index (χ2n) is 3.52. The van der Waals surface area contributed by atoms with Gasteiger partial charge < -0.3 is 9.22 Å². The van der Waals surface area contributed by atoms with E-state index in [1.165, 1.54) is 0 Å². The average molecular weight is 164 g/mol. The van der Waals surface area contributed by atoms with Gasteiger partial charge in [0.2, 0.25) is 0 Å². The van der Waals surface area contributed by atoms with Crippen molar-refractivity contribution >= 4 is 0 Å². The molecule has 11 heavy (non-hydrogen) atoms. The van der Waals surface area contributed by atoms with Crippen molar-refractivity contribution in [3.05, 3.63) is 0 Å². The molecule has 72 valence electrons.